The number of carbonyl (C=O) groups excluding carboxylic acids is 1. The Morgan fingerprint density at radius 1 is 1.14 bits per heavy atom. The molecule has 2 heterocycles. The molecule has 0 saturated heterocycles. The number of halogens is 1. The van der Waals surface area contributed by atoms with E-state index < -0.39 is 5.97 Å². The quantitative estimate of drug-likeness (QED) is 0.485. The van der Waals surface area contributed by atoms with Crippen LogP contribution in [0, 0.1) is 0 Å². The molecule has 7 heteroatoms. The van der Waals surface area contributed by atoms with Gasteiger partial charge in [-0.3, -0.25) is 4.79 Å². The number of nitrogens with zero attached hydrogens (tertiary/aromatic N) is 2. The van der Waals surface area contributed by atoms with E-state index in [1.165, 1.54) is 10.6 Å². The molecule has 0 aliphatic rings. The molecule has 0 aliphatic carbocycles. The molecule has 0 radical (unpaired) electrons. The molecule has 2 aromatic heterocycles. The monoisotopic (exact) mass is 394 g/mol. The van der Waals surface area contributed by atoms with Crippen LogP contribution in [0.4, 0.5) is 0 Å². The van der Waals surface area contributed by atoms with E-state index in [-0.39, 0.29) is 17.7 Å². The Balaban J connectivity index is 1.56. The molecule has 140 valence electrons. The fourth-order valence-electron chi connectivity index (χ4n) is 2.96. The van der Waals surface area contributed by atoms with Crippen molar-refractivity contribution in [3.63, 3.8) is 0 Å². The van der Waals surface area contributed by atoms with Gasteiger partial charge >= 0.3 is 5.97 Å². The van der Waals surface area contributed by atoms with E-state index in [4.69, 9.17) is 20.9 Å². The Morgan fingerprint density at radius 3 is 2.71 bits per heavy atom. The molecule has 0 aliphatic heterocycles. The standard InChI is InChI=1S/C21H15ClN2O4/c1-24-18-9-5-3-6-14(18)16(11-20(24)25)21(26)27-12-13-10-19(28-23-13)15-7-2-4-8-17(15)22/h2-11H,12H2,1H3. The van der Waals surface area contributed by atoms with Gasteiger partial charge in [0.2, 0.25) is 0 Å². The smallest absolute Gasteiger partial charge is 0.339 e. The zero-order valence-electron chi connectivity index (χ0n) is 14.9. The number of aromatic nitrogens is 2. The minimum absolute atomic E-state index is 0.0870. The summed E-state index contributed by atoms with van der Waals surface area (Å²) in [6, 6.07) is 17.3. The zero-order chi connectivity index (χ0) is 19.7. The largest absolute Gasteiger partial charge is 0.455 e. The highest BCUT2D eigenvalue weighted by Crippen LogP contribution is 2.28. The molecule has 0 saturated carbocycles. The number of rotatable bonds is 4. The molecule has 0 unspecified atom stereocenters. The fourth-order valence-corrected chi connectivity index (χ4v) is 3.19. The first kappa shape index (κ1) is 18.0. The van der Waals surface area contributed by atoms with Gasteiger partial charge in [-0.2, -0.15) is 0 Å². The topological polar surface area (TPSA) is 74.3 Å². The number of hydrogen-bond donors (Lipinski definition) is 0. The summed E-state index contributed by atoms with van der Waals surface area (Å²) in [6.45, 7) is -0.0870. The van der Waals surface area contributed by atoms with E-state index in [0.717, 1.165) is 0 Å². The molecule has 0 spiro atoms. The number of fused-ring (bicyclic) bond motifs is 1. The lowest BCUT2D eigenvalue weighted by molar-refractivity contribution is 0.0466. The maximum atomic E-state index is 12.6. The van der Waals surface area contributed by atoms with Gasteiger partial charge in [-0.25, -0.2) is 4.79 Å². The minimum Gasteiger partial charge on any atom is -0.455 e. The summed E-state index contributed by atoms with van der Waals surface area (Å²) < 4.78 is 12.1. The van der Waals surface area contributed by atoms with Crippen molar-refractivity contribution in [2.45, 2.75) is 6.61 Å². The second-order valence-corrected chi connectivity index (χ2v) is 6.62. The van der Waals surface area contributed by atoms with Gasteiger partial charge in [0.25, 0.3) is 5.56 Å². The van der Waals surface area contributed by atoms with E-state index in [0.29, 0.717) is 32.9 Å². The highest BCUT2D eigenvalue weighted by Gasteiger charge is 2.16. The van der Waals surface area contributed by atoms with Crippen molar-refractivity contribution in [1.29, 1.82) is 0 Å². The normalized spacial score (nSPS) is 10.9. The summed E-state index contributed by atoms with van der Waals surface area (Å²) in [5.41, 5.74) is 1.73. The molecule has 4 aromatic rings. The van der Waals surface area contributed by atoms with Crippen molar-refractivity contribution in [3.05, 3.63) is 87.3 Å². The first-order valence-electron chi connectivity index (χ1n) is 8.51. The van der Waals surface area contributed by atoms with Gasteiger partial charge in [0.1, 0.15) is 12.3 Å². The average Bonchev–Trinajstić information content (AvgIpc) is 3.18. The van der Waals surface area contributed by atoms with Gasteiger partial charge in [0, 0.05) is 30.1 Å². The van der Waals surface area contributed by atoms with Crippen LogP contribution < -0.4 is 5.56 Å². The maximum Gasteiger partial charge on any atom is 0.339 e. The number of carbonyl (C=O) groups is 1. The Morgan fingerprint density at radius 2 is 1.89 bits per heavy atom. The molecule has 0 atom stereocenters. The van der Waals surface area contributed by atoms with E-state index >= 15 is 0 Å². The fraction of sp³-hybridized carbons (Fsp3) is 0.0952. The van der Waals surface area contributed by atoms with Crippen LogP contribution in [0.2, 0.25) is 5.02 Å². The summed E-state index contributed by atoms with van der Waals surface area (Å²) in [5.74, 6) is -0.119. The van der Waals surface area contributed by atoms with Gasteiger partial charge in [0.05, 0.1) is 16.1 Å². The van der Waals surface area contributed by atoms with Crippen LogP contribution >= 0.6 is 11.6 Å². The van der Waals surface area contributed by atoms with Gasteiger partial charge < -0.3 is 13.8 Å². The molecule has 0 bridgehead atoms. The lowest BCUT2D eigenvalue weighted by Crippen LogP contribution is -2.19. The highest BCUT2D eigenvalue weighted by atomic mass is 35.5. The molecule has 0 N–H and O–H groups in total. The lowest BCUT2D eigenvalue weighted by atomic mass is 10.1. The number of ether oxygens (including phenoxy) is 1. The third-order valence-corrected chi connectivity index (χ3v) is 4.75. The van der Waals surface area contributed by atoms with Crippen LogP contribution in [0.1, 0.15) is 16.1 Å². The van der Waals surface area contributed by atoms with Crippen LogP contribution in [-0.2, 0) is 18.4 Å². The molecule has 4 rings (SSSR count). The summed E-state index contributed by atoms with van der Waals surface area (Å²) in [7, 11) is 1.66. The third-order valence-electron chi connectivity index (χ3n) is 4.42. The van der Waals surface area contributed by atoms with Crippen molar-refractivity contribution in [3.8, 4) is 11.3 Å². The predicted molar refractivity (Wildman–Crippen MR) is 105 cm³/mol. The average molecular weight is 395 g/mol. The van der Waals surface area contributed by atoms with E-state index in [9.17, 15) is 9.59 Å². The van der Waals surface area contributed by atoms with Crippen LogP contribution in [0.5, 0.6) is 0 Å². The van der Waals surface area contributed by atoms with E-state index in [1.807, 2.05) is 24.3 Å². The number of hydrogen-bond acceptors (Lipinski definition) is 5. The molecule has 6 nitrogen and oxygen atoms in total. The number of para-hydroxylation sites is 1. The first-order chi connectivity index (χ1) is 13.5. The SMILES string of the molecule is Cn1c(=O)cc(C(=O)OCc2cc(-c3ccccc3Cl)on2)c2ccccc21. The Hall–Kier alpha value is -3.38. The first-order valence-corrected chi connectivity index (χ1v) is 8.89. The Kier molecular flexibility index (Phi) is 4.71. The van der Waals surface area contributed by atoms with E-state index in [1.54, 1.807) is 37.4 Å². The minimum atomic E-state index is -0.601. The predicted octanol–water partition coefficient (Wildman–Crippen LogP) is 4.20. The maximum absolute atomic E-state index is 12.6. The zero-order valence-corrected chi connectivity index (χ0v) is 15.6. The molecular weight excluding hydrogens is 380 g/mol. The number of esters is 1. The number of pyridine rings is 1. The van der Waals surface area contributed by atoms with Crippen LogP contribution in [0.25, 0.3) is 22.2 Å². The lowest BCUT2D eigenvalue weighted by Gasteiger charge is -2.09. The summed E-state index contributed by atoms with van der Waals surface area (Å²) in [5, 5.41) is 5.10. The van der Waals surface area contributed by atoms with Crippen LogP contribution in [-0.4, -0.2) is 15.7 Å². The second-order valence-electron chi connectivity index (χ2n) is 6.21. The van der Waals surface area contributed by atoms with Gasteiger partial charge in [-0.1, -0.05) is 47.1 Å². The van der Waals surface area contributed by atoms with E-state index in [2.05, 4.69) is 5.16 Å². The second kappa shape index (κ2) is 7.32. The third kappa shape index (κ3) is 3.30. The van der Waals surface area contributed by atoms with Gasteiger partial charge in [-0.05, 0) is 18.2 Å². The van der Waals surface area contributed by atoms with Crippen molar-refractivity contribution >= 4 is 28.5 Å². The van der Waals surface area contributed by atoms with Crippen molar-refractivity contribution in [2.24, 2.45) is 7.05 Å². The number of aryl methyl sites for hydroxylation is 1. The van der Waals surface area contributed by atoms with Crippen LogP contribution in [0.3, 0.4) is 0 Å². The summed E-state index contributed by atoms with van der Waals surface area (Å²) >= 11 is 6.15. The molecule has 2 aromatic carbocycles. The van der Waals surface area contributed by atoms with Crippen molar-refractivity contribution < 1.29 is 14.1 Å². The van der Waals surface area contributed by atoms with Crippen LogP contribution in [0.15, 0.2) is 70.0 Å². The Bertz CT molecular complexity index is 1240. The van der Waals surface area contributed by atoms with Gasteiger partial charge in [0.15, 0.2) is 5.76 Å². The summed E-state index contributed by atoms with van der Waals surface area (Å²) in [4.78, 5) is 24.7. The molecular formula is C21H15ClN2O4. The van der Waals surface area contributed by atoms with Crippen molar-refractivity contribution in [1.82, 2.24) is 9.72 Å². The summed E-state index contributed by atoms with van der Waals surface area (Å²) in [6.07, 6.45) is 0. The van der Waals surface area contributed by atoms with Gasteiger partial charge in [-0.15, -0.1) is 0 Å². The molecule has 0 fully saturated rings. The number of benzene rings is 2. The molecule has 0 amide bonds. The highest BCUT2D eigenvalue weighted by molar-refractivity contribution is 6.33. The molecule has 28 heavy (non-hydrogen) atoms. The Labute approximate surface area is 164 Å². The van der Waals surface area contributed by atoms with Crippen molar-refractivity contribution in [2.75, 3.05) is 0 Å².